The number of piperidine rings is 1. The number of hydrogen-bond acceptors (Lipinski definition) is 4. The van der Waals surface area contributed by atoms with E-state index < -0.39 is 5.60 Å². The van der Waals surface area contributed by atoms with Gasteiger partial charge in [-0.1, -0.05) is 0 Å². The summed E-state index contributed by atoms with van der Waals surface area (Å²) in [6, 6.07) is 0.0696. The van der Waals surface area contributed by atoms with E-state index in [-0.39, 0.29) is 18.7 Å². The van der Waals surface area contributed by atoms with Gasteiger partial charge in [0.05, 0.1) is 25.9 Å². The Morgan fingerprint density at radius 1 is 1.39 bits per heavy atom. The van der Waals surface area contributed by atoms with Crippen LogP contribution in [0.1, 0.15) is 40.0 Å². The van der Waals surface area contributed by atoms with Crippen LogP contribution in [0.4, 0.5) is 4.79 Å². The van der Waals surface area contributed by atoms with Gasteiger partial charge in [0.1, 0.15) is 5.60 Å². The Bertz CT molecular complexity index is 262. The lowest BCUT2D eigenvalue weighted by Crippen LogP contribution is -2.48. The maximum atomic E-state index is 12.1. The highest BCUT2D eigenvalue weighted by Crippen LogP contribution is 2.20. The molecule has 18 heavy (non-hydrogen) atoms. The Labute approximate surface area is 109 Å². The molecule has 0 saturated carbocycles. The number of amides is 1. The molecular formula is C13H25NO4. The highest BCUT2D eigenvalue weighted by atomic mass is 16.6. The normalized spacial score (nSPS) is 20.9. The second-order valence-corrected chi connectivity index (χ2v) is 5.62. The van der Waals surface area contributed by atoms with Crippen LogP contribution in [0.2, 0.25) is 0 Å². The molecule has 1 aliphatic heterocycles. The predicted molar refractivity (Wildman–Crippen MR) is 68.5 cm³/mol. The summed E-state index contributed by atoms with van der Waals surface area (Å²) < 4.78 is 10.7. The summed E-state index contributed by atoms with van der Waals surface area (Å²) in [6.07, 6.45) is 2.78. The van der Waals surface area contributed by atoms with Crippen LogP contribution in [0.15, 0.2) is 0 Å². The fourth-order valence-corrected chi connectivity index (χ4v) is 2.02. The van der Waals surface area contributed by atoms with Crippen molar-refractivity contribution in [2.75, 3.05) is 26.4 Å². The molecule has 5 nitrogen and oxygen atoms in total. The maximum Gasteiger partial charge on any atom is 0.410 e. The molecule has 1 atom stereocenters. The van der Waals surface area contributed by atoms with Crippen molar-refractivity contribution in [2.24, 2.45) is 0 Å². The maximum absolute atomic E-state index is 12.1. The molecule has 0 aliphatic carbocycles. The summed E-state index contributed by atoms with van der Waals surface area (Å²) >= 11 is 0. The molecule has 1 heterocycles. The van der Waals surface area contributed by atoms with Crippen molar-refractivity contribution in [3.05, 3.63) is 0 Å². The smallest absolute Gasteiger partial charge is 0.410 e. The van der Waals surface area contributed by atoms with E-state index in [2.05, 4.69) is 0 Å². The molecule has 1 fully saturated rings. The first-order valence-corrected chi connectivity index (χ1v) is 6.62. The molecule has 1 saturated heterocycles. The minimum absolute atomic E-state index is 0.0131. The zero-order valence-corrected chi connectivity index (χ0v) is 11.6. The number of hydrogen-bond donors (Lipinski definition) is 1. The lowest BCUT2D eigenvalue weighted by atomic mass is 10.0. The SMILES string of the molecule is CC(C)(C)OC(=O)N1CCCC[C@@H]1COCCO. The fraction of sp³-hybridized carbons (Fsp3) is 0.923. The van der Waals surface area contributed by atoms with Crippen molar-refractivity contribution < 1.29 is 19.4 Å². The summed E-state index contributed by atoms with van der Waals surface area (Å²) in [6.45, 7) is 7.13. The van der Waals surface area contributed by atoms with Crippen LogP contribution < -0.4 is 0 Å². The standard InChI is InChI=1S/C13H25NO4/c1-13(2,3)18-12(16)14-7-5-4-6-11(14)10-17-9-8-15/h11,15H,4-10H2,1-3H3/t11-/m1/s1. The second-order valence-electron chi connectivity index (χ2n) is 5.62. The molecule has 0 spiro atoms. The fourth-order valence-electron chi connectivity index (χ4n) is 2.02. The molecule has 5 heteroatoms. The Hall–Kier alpha value is -0.810. The highest BCUT2D eigenvalue weighted by molar-refractivity contribution is 5.68. The van der Waals surface area contributed by atoms with E-state index in [4.69, 9.17) is 14.6 Å². The average molecular weight is 259 g/mol. The number of rotatable bonds is 4. The lowest BCUT2D eigenvalue weighted by Gasteiger charge is -2.36. The molecule has 1 rings (SSSR count). The van der Waals surface area contributed by atoms with Gasteiger partial charge in [0.2, 0.25) is 0 Å². The highest BCUT2D eigenvalue weighted by Gasteiger charge is 2.30. The third-order valence-corrected chi connectivity index (χ3v) is 2.80. The first kappa shape index (κ1) is 15.2. The van der Waals surface area contributed by atoms with Crippen LogP contribution >= 0.6 is 0 Å². The van der Waals surface area contributed by atoms with Gasteiger partial charge in [0.25, 0.3) is 0 Å². The second kappa shape index (κ2) is 6.95. The van der Waals surface area contributed by atoms with Gasteiger partial charge in [-0.25, -0.2) is 4.79 Å². The third-order valence-electron chi connectivity index (χ3n) is 2.80. The number of carbonyl (C=O) groups excluding carboxylic acids is 1. The first-order valence-electron chi connectivity index (χ1n) is 6.62. The topological polar surface area (TPSA) is 59.0 Å². The first-order chi connectivity index (χ1) is 8.44. The van der Waals surface area contributed by atoms with Gasteiger partial charge in [-0.3, -0.25) is 0 Å². The molecule has 0 aromatic carbocycles. The van der Waals surface area contributed by atoms with Gasteiger partial charge in [-0.05, 0) is 40.0 Å². The van der Waals surface area contributed by atoms with E-state index in [1.165, 1.54) is 0 Å². The van der Waals surface area contributed by atoms with E-state index >= 15 is 0 Å². The van der Waals surface area contributed by atoms with Crippen molar-refractivity contribution in [1.82, 2.24) is 4.90 Å². The van der Waals surface area contributed by atoms with E-state index in [9.17, 15) is 4.79 Å². The van der Waals surface area contributed by atoms with Crippen LogP contribution in [-0.4, -0.2) is 54.1 Å². The third kappa shape index (κ3) is 5.23. The van der Waals surface area contributed by atoms with Gasteiger partial charge in [-0.15, -0.1) is 0 Å². The molecule has 0 aromatic rings. The average Bonchev–Trinajstić information content (AvgIpc) is 2.27. The van der Waals surface area contributed by atoms with Crippen LogP contribution in [0.25, 0.3) is 0 Å². The number of aliphatic hydroxyl groups is 1. The predicted octanol–water partition coefficient (Wildman–Crippen LogP) is 1.78. The van der Waals surface area contributed by atoms with Crippen molar-refractivity contribution >= 4 is 6.09 Å². The van der Waals surface area contributed by atoms with Crippen molar-refractivity contribution in [1.29, 1.82) is 0 Å². The lowest BCUT2D eigenvalue weighted by molar-refractivity contribution is -0.0111. The minimum atomic E-state index is -0.467. The largest absolute Gasteiger partial charge is 0.444 e. The molecule has 0 bridgehead atoms. The molecule has 0 aromatic heterocycles. The van der Waals surface area contributed by atoms with E-state index in [0.717, 1.165) is 25.8 Å². The summed E-state index contributed by atoms with van der Waals surface area (Å²) in [5.41, 5.74) is -0.467. The van der Waals surface area contributed by atoms with Gasteiger partial charge >= 0.3 is 6.09 Å². The van der Waals surface area contributed by atoms with E-state index in [1.807, 2.05) is 20.8 Å². The molecule has 106 valence electrons. The Kier molecular flexibility index (Phi) is 5.88. The van der Waals surface area contributed by atoms with E-state index in [0.29, 0.717) is 13.2 Å². The van der Waals surface area contributed by atoms with Gasteiger partial charge in [-0.2, -0.15) is 0 Å². The van der Waals surface area contributed by atoms with Crippen LogP contribution in [0.5, 0.6) is 0 Å². The van der Waals surface area contributed by atoms with Crippen molar-refractivity contribution in [3.8, 4) is 0 Å². The van der Waals surface area contributed by atoms with Crippen molar-refractivity contribution in [3.63, 3.8) is 0 Å². The Morgan fingerprint density at radius 3 is 2.72 bits per heavy atom. The Balaban J connectivity index is 2.50. The molecule has 0 unspecified atom stereocenters. The number of likely N-dealkylation sites (tertiary alicyclic amines) is 1. The number of ether oxygens (including phenoxy) is 2. The molecular weight excluding hydrogens is 234 g/mol. The number of carbonyl (C=O) groups is 1. The van der Waals surface area contributed by atoms with Crippen molar-refractivity contribution in [2.45, 2.75) is 51.7 Å². The zero-order valence-electron chi connectivity index (χ0n) is 11.6. The summed E-state index contributed by atoms with van der Waals surface area (Å²) in [4.78, 5) is 13.8. The minimum Gasteiger partial charge on any atom is -0.444 e. The Morgan fingerprint density at radius 2 is 2.11 bits per heavy atom. The van der Waals surface area contributed by atoms with Gasteiger partial charge in [0, 0.05) is 6.54 Å². The number of nitrogens with zero attached hydrogens (tertiary/aromatic N) is 1. The molecule has 1 aliphatic rings. The molecule has 1 N–H and O–H groups in total. The monoisotopic (exact) mass is 259 g/mol. The molecule has 1 amide bonds. The van der Waals surface area contributed by atoms with Crippen LogP contribution in [0.3, 0.4) is 0 Å². The quantitative estimate of drug-likeness (QED) is 0.782. The van der Waals surface area contributed by atoms with Gasteiger partial charge < -0.3 is 19.5 Å². The summed E-state index contributed by atoms with van der Waals surface area (Å²) in [5, 5.41) is 8.69. The van der Waals surface area contributed by atoms with Crippen LogP contribution in [0, 0.1) is 0 Å². The zero-order chi connectivity index (χ0) is 13.6. The van der Waals surface area contributed by atoms with E-state index in [1.54, 1.807) is 4.90 Å². The number of aliphatic hydroxyl groups excluding tert-OH is 1. The van der Waals surface area contributed by atoms with Gasteiger partial charge in [0.15, 0.2) is 0 Å². The molecule has 0 radical (unpaired) electrons. The summed E-state index contributed by atoms with van der Waals surface area (Å²) in [5.74, 6) is 0. The summed E-state index contributed by atoms with van der Waals surface area (Å²) in [7, 11) is 0. The van der Waals surface area contributed by atoms with Crippen LogP contribution in [-0.2, 0) is 9.47 Å².